The van der Waals surface area contributed by atoms with Gasteiger partial charge in [-0.3, -0.25) is 9.69 Å². The van der Waals surface area contributed by atoms with Gasteiger partial charge >= 0.3 is 0 Å². The fraction of sp³-hybridized carbons (Fsp3) is 0.500. The minimum atomic E-state index is -0.664. The molecule has 0 aliphatic carbocycles. The highest BCUT2D eigenvalue weighted by atomic mass is 19.1. The van der Waals surface area contributed by atoms with Crippen LogP contribution < -0.4 is 5.56 Å². The van der Waals surface area contributed by atoms with Crippen molar-refractivity contribution in [3.63, 3.8) is 0 Å². The van der Waals surface area contributed by atoms with Crippen LogP contribution in [0.15, 0.2) is 29.2 Å². The third kappa shape index (κ3) is 2.01. The van der Waals surface area contributed by atoms with E-state index in [1.807, 2.05) is 11.0 Å². The molecule has 3 nitrogen and oxygen atoms in total. The minimum Gasteiger partial charge on any atom is -0.314 e. The van der Waals surface area contributed by atoms with Crippen molar-refractivity contribution in [1.29, 1.82) is 0 Å². The summed E-state index contributed by atoms with van der Waals surface area (Å²) in [6, 6.07) is 5.09. The van der Waals surface area contributed by atoms with Crippen LogP contribution in [0.2, 0.25) is 0 Å². The van der Waals surface area contributed by atoms with Gasteiger partial charge in [-0.2, -0.15) is 0 Å². The molecule has 76 valence electrons. The van der Waals surface area contributed by atoms with Crippen LogP contribution >= 0.6 is 0 Å². The zero-order chi connectivity index (χ0) is 9.97. The summed E-state index contributed by atoms with van der Waals surface area (Å²) in [5.74, 6) is 0. The van der Waals surface area contributed by atoms with E-state index >= 15 is 0 Å². The number of hydrogen-bond acceptors (Lipinski definition) is 2. The lowest BCUT2D eigenvalue weighted by Crippen LogP contribution is -2.49. The van der Waals surface area contributed by atoms with Crippen LogP contribution in [-0.4, -0.2) is 35.3 Å². The molecule has 0 atom stereocenters. The molecule has 0 N–H and O–H groups in total. The Morgan fingerprint density at radius 3 is 2.79 bits per heavy atom. The van der Waals surface area contributed by atoms with Gasteiger partial charge in [0.25, 0.3) is 5.56 Å². The molecule has 1 aliphatic rings. The number of rotatable bonds is 3. The van der Waals surface area contributed by atoms with Gasteiger partial charge in [0.2, 0.25) is 0 Å². The number of hydrogen-bond donors (Lipinski definition) is 0. The average Bonchev–Trinajstić information content (AvgIpc) is 2.13. The van der Waals surface area contributed by atoms with Gasteiger partial charge in [-0.05, 0) is 6.07 Å². The van der Waals surface area contributed by atoms with E-state index in [2.05, 4.69) is 0 Å². The van der Waals surface area contributed by atoms with Crippen molar-refractivity contribution in [1.82, 2.24) is 9.47 Å². The van der Waals surface area contributed by atoms with Crippen LogP contribution in [-0.2, 0) is 6.54 Å². The van der Waals surface area contributed by atoms with E-state index in [0.717, 1.165) is 6.54 Å². The molecule has 0 amide bonds. The van der Waals surface area contributed by atoms with E-state index in [-0.39, 0.29) is 5.56 Å². The predicted octanol–water partition coefficient (Wildman–Crippen LogP) is 0.502. The number of aromatic nitrogens is 1. The number of halogens is 1. The van der Waals surface area contributed by atoms with Crippen LogP contribution in [0.4, 0.5) is 4.39 Å². The van der Waals surface area contributed by atoms with Gasteiger partial charge in [0, 0.05) is 38.4 Å². The third-order valence-electron chi connectivity index (χ3n) is 2.47. The summed E-state index contributed by atoms with van der Waals surface area (Å²) in [5, 5.41) is 0. The molecule has 0 aromatic carbocycles. The smallest absolute Gasteiger partial charge is 0.250 e. The Balaban J connectivity index is 1.86. The lowest BCUT2D eigenvalue weighted by Gasteiger charge is -2.34. The van der Waals surface area contributed by atoms with Crippen LogP contribution in [0.1, 0.15) is 0 Å². The second-order valence-corrected chi connectivity index (χ2v) is 3.59. The molecule has 0 spiro atoms. The van der Waals surface area contributed by atoms with E-state index in [4.69, 9.17) is 0 Å². The molecule has 1 aliphatic heterocycles. The summed E-state index contributed by atoms with van der Waals surface area (Å²) in [6.07, 6.45) is 1.09. The first kappa shape index (κ1) is 9.40. The Morgan fingerprint density at radius 2 is 2.14 bits per heavy atom. The highest BCUT2D eigenvalue weighted by Gasteiger charge is 2.25. The molecular formula is C10H13FN2O. The maximum Gasteiger partial charge on any atom is 0.250 e. The second kappa shape index (κ2) is 3.92. The van der Waals surface area contributed by atoms with Gasteiger partial charge in [0.15, 0.2) is 0 Å². The second-order valence-electron chi connectivity index (χ2n) is 3.59. The molecule has 4 heteroatoms. The molecule has 14 heavy (non-hydrogen) atoms. The van der Waals surface area contributed by atoms with Crippen molar-refractivity contribution in [3.05, 3.63) is 34.7 Å². The molecule has 0 unspecified atom stereocenters. The first-order chi connectivity index (χ1) is 6.75. The van der Waals surface area contributed by atoms with Gasteiger partial charge in [-0.25, -0.2) is 4.39 Å². The molecule has 1 saturated heterocycles. The molecule has 1 fully saturated rings. The zero-order valence-electron chi connectivity index (χ0n) is 7.90. The predicted molar refractivity (Wildman–Crippen MR) is 52.0 cm³/mol. The Morgan fingerprint density at radius 1 is 1.36 bits per heavy atom. The van der Waals surface area contributed by atoms with Gasteiger partial charge in [-0.1, -0.05) is 6.07 Å². The van der Waals surface area contributed by atoms with E-state index < -0.39 is 6.17 Å². The number of likely N-dealkylation sites (tertiary alicyclic amines) is 1. The zero-order valence-corrected chi connectivity index (χ0v) is 7.90. The van der Waals surface area contributed by atoms with Gasteiger partial charge in [0.05, 0.1) is 0 Å². The van der Waals surface area contributed by atoms with E-state index in [9.17, 15) is 9.18 Å². The SMILES string of the molecule is O=c1ccccn1CCN1CC(F)C1. The van der Waals surface area contributed by atoms with E-state index in [0.29, 0.717) is 19.6 Å². The molecule has 2 rings (SSSR count). The summed E-state index contributed by atoms with van der Waals surface area (Å²) < 4.78 is 14.1. The summed E-state index contributed by atoms with van der Waals surface area (Å²) >= 11 is 0. The summed E-state index contributed by atoms with van der Waals surface area (Å²) in [6.45, 7) is 2.43. The highest BCUT2D eigenvalue weighted by Crippen LogP contribution is 2.09. The quantitative estimate of drug-likeness (QED) is 0.703. The Kier molecular flexibility index (Phi) is 2.63. The molecular weight excluding hydrogens is 183 g/mol. The highest BCUT2D eigenvalue weighted by molar-refractivity contribution is 4.93. The third-order valence-corrected chi connectivity index (χ3v) is 2.47. The fourth-order valence-electron chi connectivity index (χ4n) is 1.58. The van der Waals surface area contributed by atoms with Crippen molar-refractivity contribution in [3.8, 4) is 0 Å². The van der Waals surface area contributed by atoms with E-state index in [1.54, 1.807) is 16.8 Å². The minimum absolute atomic E-state index is 0.00446. The number of nitrogens with zero attached hydrogens (tertiary/aromatic N) is 2. The number of pyridine rings is 1. The standard InChI is InChI=1S/C10H13FN2O/c11-9-7-12(8-9)5-6-13-4-2-1-3-10(13)14/h1-4,9H,5-8H2. The molecule has 0 bridgehead atoms. The van der Waals surface area contributed by atoms with E-state index in [1.165, 1.54) is 6.07 Å². The Hall–Kier alpha value is -1.16. The molecule has 2 heterocycles. The maximum absolute atomic E-state index is 12.5. The van der Waals surface area contributed by atoms with Crippen molar-refractivity contribution in [2.24, 2.45) is 0 Å². The molecule has 1 aromatic rings. The van der Waals surface area contributed by atoms with Crippen molar-refractivity contribution < 1.29 is 4.39 Å². The van der Waals surface area contributed by atoms with Gasteiger partial charge in [-0.15, -0.1) is 0 Å². The average molecular weight is 196 g/mol. The largest absolute Gasteiger partial charge is 0.314 e. The molecule has 1 aromatic heterocycles. The number of alkyl halides is 1. The van der Waals surface area contributed by atoms with Crippen LogP contribution in [0, 0.1) is 0 Å². The molecule has 0 radical (unpaired) electrons. The van der Waals surface area contributed by atoms with Crippen molar-refractivity contribution in [2.45, 2.75) is 12.7 Å². The summed E-state index contributed by atoms with van der Waals surface area (Å²) in [7, 11) is 0. The van der Waals surface area contributed by atoms with Gasteiger partial charge in [0.1, 0.15) is 6.17 Å². The van der Waals surface area contributed by atoms with Crippen LogP contribution in [0.25, 0.3) is 0 Å². The topological polar surface area (TPSA) is 25.2 Å². The molecule has 0 saturated carbocycles. The lowest BCUT2D eigenvalue weighted by molar-refractivity contribution is 0.0626. The van der Waals surface area contributed by atoms with Gasteiger partial charge < -0.3 is 4.57 Å². The summed E-state index contributed by atoms with van der Waals surface area (Å²) in [4.78, 5) is 13.3. The lowest BCUT2D eigenvalue weighted by atomic mass is 10.2. The maximum atomic E-state index is 12.5. The van der Waals surface area contributed by atoms with Crippen LogP contribution in [0.5, 0.6) is 0 Å². The first-order valence-electron chi connectivity index (χ1n) is 4.77. The Bertz CT molecular complexity index is 357. The Labute approximate surface area is 81.8 Å². The van der Waals surface area contributed by atoms with Crippen molar-refractivity contribution >= 4 is 0 Å². The monoisotopic (exact) mass is 196 g/mol. The van der Waals surface area contributed by atoms with Crippen molar-refractivity contribution in [2.75, 3.05) is 19.6 Å². The normalized spacial score (nSPS) is 18.1. The summed E-state index contributed by atoms with van der Waals surface area (Å²) in [5.41, 5.74) is 0.00446. The fourth-order valence-corrected chi connectivity index (χ4v) is 1.58. The van der Waals surface area contributed by atoms with Crippen LogP contribution in [0.3, 0.4) is 0 Å². The first-order valence-corrected chi connectivity index (χ1v) is 4.77.